The number of rotatable bonds is 6. The third-order valence-electron chi connectivity index (χ3n) is 8.66. The van der Waals surface area contributed by atoms with Crippen molar-refractivity contribution >= 4 is 26.8 Å². The van der Waals surface area contributed by atoms with E-state index in [1.807, 2.05) is 67.7 Å². The molecule has 0 aromatic carbocycles. The molecule has 0 bridgehead atoms. The van der Waals surface area contributed by atoms with E-state index in [1.165, 1.54) is 10.8 Å². The van der Waals surface area contributed by atoms with Crippen molar-refractivity contribution in [2.45, 2.75) is 122 Å². The zero-order valence-electron chi connectivity index (χ0n) is 25.2. The van der Waals surface area contributed by atoms with Crippen LogP contribution in [0.25, 0.3) is 0 Å². The van der Waals surface area contributed by atoms with Gasteiger partial charge in [0.2, 0.25) is 5.60 Å². The first-order valence-corrected chi connectivity index (χ1v) is 20.5. The van der Waals surface area contributed by atoms with Crippen molar-refractivity contribution in [3.63, 3.8) is 0 Å². The lowest BCUT2D eigenvalue weighted by atomic mass is 9.94. The predicted molar refractivity (Wildman–Crippen MR) is 155 cm³/mol. The Kier molecular flexibility index (Phi) is 8.01. The molecule has 1 unspecified atom stereocenters. The minimum atomic E-state index is -4.22. The minimum absolute atomic E-state index is 0.119. The van der Waals surface area contributed by atoms with Crippen LogP contribution in [0, 0.1) is 6.92 Å². The zero-order chi connectivity index (χ0) is 30.1. The van der Waals surface area contributed by atoms with E-state index in [1.54, 1.807) is 13.8 Å². The monoisotopic (exact) mass is 603 g/mol. The first-order valence-electron chi connectivity index (χ1n) is 13.2. The highest BCUT2D eigenvalue weighted by atomic mass is 32.2. The van der Waals surface area contributed by atoms with Gasteiger partial charge in [-0.3, -0.25) is 13.9 Å². The summed E-state index contributed by atoms with van der Waals surface area (Å²) in [4.78, 5) is 26.3. The fourth-order valence-electron chi connectivity index (χ4n) is 4.17. The summed E-state index contributed by atoms with van der Waals surface area (Å²) in [5.74, 6) is 0. The van der Waals surface area contributed by atoms with E-state index in [-0.39, 0.29) is 22.3 Å². The van der Waals surface area contributed by atoms with E-state index >= 15 is 0 Å². The van der Waals surface area contributed by atoms with Gasteiger partial charge < -0.3 is 19.3 Å². The third kappa shape index (κ3) is 5.40. The molecule has 1 spiro atoms. The summed E-state index contributed by atoms with van der Waals surface area (Å²) in [6.07, 6.45) is -2.27. The lowest BCUT2D eigenvalue weighted by Gasteiger charge is -2.44. The van der Waals surface area contributed by atoms with Crippen molar-refractivity contribution in [2.75, 3.05) is 0 Å². The van der Waals surface area contributed by atoms with Gasteiger partial charge in [0.05, 0.1) is 11.1 Å². The van der Waals surface area contributed by atoms with Gasteiger partial charge in [-0.15, -0.1) is 0 Å². The lowest BCUT2D eigenvalue weighted by Crippen LogP contribution is -2.60. The molecule has 4 atom stereocenters. The van der Waals surface area contributed by atoms with E-state index in [2.05, 4.69) is 0 Å². The molecule has 1 fully saturated rings. The Bertz CT molecular complexity index is 1390. The Morgan fingerprint density at radius 3 is 1.97 bits per heavy atom. The second-order valence-corrected chi connectivity index (χ2v) is 24.4. The molecular formula is C25H45N3O8SSi2. The number of ether oxygens (including phenoxy) is 1. The van der Waals surface area contributed by atoms with Gasteiger partial charge in [0.15, 0.2) is 29.2 Å². The first kappa shape index (κ1) is 32.0. The van der Waals surface area contributed by atoms with E-state index < -0.39 is 62.2 Å². The minimum Gasteiger partial charge on any atom is -0.406 e. The van der Waals surface area contributed by atoms with E-state index in [0.717, 1.165) is 9.98 Å². The van der Waals surface area contributed by atoms with Crippen LogP contribution in [0.3, 0.4) is 0 Å². The molecule has 1 aromatic heterocycles. The SMILES string of the molecule is CCn1c(=O)c(C)cn([C@@H]2O[C@H](O[Si](C)(C)C(C)(C)C)C3(OS(=O)(=O)C=C3N)[C@H]2O[Si](C)(C)C(C)(C)C)c1=O. The van der Waals surface area contributed by atoms with Gasteiger partial charge in [0.1, 0.15) is 6.10 Å². The van der Waals surface area contributed by atoms with Crippen LogP contribution < -0.4 is 17.0 Å². The Balaban J connectivity index is 2.36. The average Bonchev–Trinajstić information content (AvgIpc) is 3.16. The highest BCUT2D eigenvalue weighted by molar-refractivity contribution is 7.90. The molecule has 1 saturated heterocycles. The molecule has 1 aromatic rings. The Labute approximate surface area is 233 Å². The van der Waals surface area contributed by atoms with E-state index in [0.29, 0.717) is 5.56 Å². The summed E-state index contributed by atoms with van der Waals surface area (Å²) < 4.78 is 53.9. The number of nitrogens with two attached hydrogens (primary N) is 1. The van der Waals surface area contributed by atoms with Gasteiger partial charge in [-0.25, -0.2) is 8.98 Å². The van der Waals surface area contributed by atoms with E-state index in [9.17, 15) is 18.0 Å². The molecule has 3 heterocycles. The predicted octanol–water partition coefficient (Wildman–Crippen LogP) is 3.50. The topological polar surface area (TPSA) is 141 Å². The second kappa shape index (κ2) is 9.77. The maximum Gasteiger partial charge on any atom is 0.333 e. The maximum atomic E-state index is 13.6. The maximum absolute atomic E-state index is 13.6. The fraction of sp³-hybridized carbons (Fsp3) is 0.760. The van der Waals surface area contributed by atoms with Crippen LogP contribution in [0.5, 0.6) is 0 Å². The average molecular weight is 604 g/mol. The smallest absolute Gasteiger partial charge is 0.333 e. The summed E-state index contributed by atoms with van der Waals surface area (Å²) in [5.41, 5.74) is 3.77. The third-order valence-corrected chi connectivity index (χ3v) is 18.6. The van der Waals surface area contributed by atoms with Crippen LogP contribution in [0.2, 0.25) is 36.3 Å². The number of nitrogens with zero attached hydrogens (tertiary/aromatic N) is 2. The highest BCUT2D eigenvalue weighted by Crippen LogP contribution is 2.53. The summed E-state index contributed by atoms with van der Waals surface area (Å²) in [5, 5.41) is 0.296. The fourth-order valence-corrected chi connectivity index (χ4v) is 7.77. The van der Waals surface area contributed by atoms with Crippen LogP contribution in [0.15, 0.2) is 26.9 Å². The van der Waals surface area contributed by atoms with Crippen LogP contribution in [0.1, 0.15) is 60.3 Å². The largest absolute Gasteiger partial charge is 0.406 e. The molecule has 11 nitrogen and oxygen atoms in total. The second-order valence-electron chi connectivity index (χ2n) is 13.5. The summed E-state index contributed by atoms with van der Waals surface area (Å²) in [6.45, 7) is 23.7. The van der Waals surface area contributed by atoms with Crippen LogP contribution in [0.4, 0.5) is 0 Å². The zero-order valence-corrected chi connectivity index (χ0v) is 28.1. The van der Waals surface area contributed by atoms with Crippen LogP contribution in [-0.2, 0) is 34.4 Å². The molecule has 0 radical (unpaired) electrons. The van der Waals surface area contributed by atoms with E-state index in [4.69, 9.17) is 23.5 Å². The van der Waals surface area contributed by atoms with Gasteiger partial charge in [-0.05, 0) is 50.1 Å². The van der Waals surface area contributed by atoms with Gasteiger partial charge in [0, 0.05) is 18.3 Å². The Hall–Kier alpha value is -1.56. The van der Waals surface area contributed by atoms with Gasteiger partial charge >= 0.3 is 5.69 Å². The lowest BCUT2D eigenvalue weighted by molar-refractivity contribution is -0.147. The standard InChI is InChI=1S/C25H45N3O8SSi2/c1-13-27-19(29)16(2)14-28(22(27)30)20-18(34-38(9,10)23(3,4)5)25(17(26)15-37(31,32)36-25)21(33-20)35-39(11,12)24(6,7)8/h14-15,18,20-21H,13,26H2,1-12H3/t18-,20+,21+,25?/m0/s1. The Morgan fingerprint density at radius 2 is 1.54 bits per heavy atom. The molecule has 0 amide bonds. The van der Waals surface area contributed by atoms with Crippen molar-refractivity contribution in [2.24, 2.45) is 5.73 Å². The Morgan fingerprint density at radius 1 is 1.03 bits per heavy atom. The number of hydrogen-bond donors (Lipinski definition) is 1. The molecule has 2 aliphatic rings. The number of aromatic nitrogens is 2. The van der Waals surface area contributed by atoms with Gasteiger partial charge in [-0.2, -0.15) is 8.42 Å². The molecule has 0 aliphatic carbocycles. The molecule has 2 aliphatic heterocycles. The van der Waals surface area contributed by atoms with Crippen LogP contribution in [-0.4, -0.2) is 52.2 Å². The molecule has 3 rings (SSSR count). The van der Waals surface area contributed by atoms with Gasteiger partial charge in [-0.1, -0.05) is 41.5 Å². The number of hydrogen-bond acceptors (Lipinski definition) is 9. The normalized spacial score (nSPS) is 27.8. The molecule has 2 N–H and O–H groups in total. The number of aryl methyl sites for hydroxylation is 1. The summed E-state index contributed by atoms with van der Waals surface area (Å²) in [6, 6.07) is 0. The molecular weight excluding hydrogens is 559 g/mol. The summed E-state index contributed by atoms with van der Waals surface area (Å²) in [7, 11) is -9.50. The van der Waals surface area contributed by atoms with Crippen molar-refractivity contribution in [3.8, 4) is 0 Å². The van der Waals surface area contributed by atoms with Crippen molar-refractivity contribution in [1.82, 2.24) is 9.13 Å². The van der Waals surface area contributed by atoms with Crippen molar-refractivity contribution in [3.05, 3.63) is 43.7 Å². The van der Waals surface area contributed by atoms with Gasteiger partial charge in [0.25, 0.3) is 15.7 Å². The molecule has 14 heteroatoms. The highest BCUT2D eigenvalue weighted by Gasteiger charge is 2.69. The molecule has 39 heavy (non-hydrogen) atoms. The quantitative estimate of drug-likeness (QED) is 0.382. The van der Waals surface area contributed by atoms with Crippen molar-refractivity contribution in [1.29, 1.82) is 0 Å². The first-order chi connectivity index (χ1) is 17.4. The summed E-state index contributed by atoms with van der Waals surface area (Å²) >= 11 is 0. The van der Waals surface area contributed by atoms with Crippen LogP contribution >= 0.6 is 0 Å². The van der Waals surface area contributed by atoms with Crippen molar-refractivity contribution < 1.29 is 26.2 Å². The molecule has 222 valence electrons. The molecule has 0 saturated carbocycles.